The fourth-order valence-corrected chi connectivity index (χ4v) is 2.20. The molecule has 0 heterocycles. The van der Waals surface area contributed by atoms with Crippen LogP contribution in [0.15, 0.2) is 12.1 Å². The first kappa shape index (κ1) is 21.1. The molecule has 1 unspecified atom stereocenters. The molecule has 0 radical (unpaired) electrons. The maximum atomic E-state index is 12.4. The minimum Gasteiger partial charge on any atom is -0.493 e. The van der Waals surface area contributed by atoms with Gasteiger partial charge in [-0.25, -0.2) is 0 Å². The summed E-state index contributed by atoms with van der Waals surface area (Å²) in [6.07, 6.45) is 0.878. The summed E-state index contributed by atoms with van der Waals surface area (Å²) in [7, 11) is 1.11. The van der Waals surface area contributed by atoms with E-state index >= 15 is 0 Å². The number of aliphatic carboxylic acids is 1. The van der Waals surface area contributed by atoms with Crippen LogP contribution in [0.5, 0.6) is 11.5 Å². The zero-order valence-electron chi connectivity index (χ0n) is 14.0. The van der Waals surface area contributed by atoms with Gasteiger partial charge in [0.05, 0.1) is 24.0 Å². The molecule has 11 heteroatoms. The number of nitro benzene ring substituents is 1. The first-order valence-corrected chi connectivity index (χ1v) is 7.53. The molecule has 0 aliphatic heterocycles. The van der Waals surface area contributed by atoms with Crippen LogP contribution in [0.2, 0.25) is 0 Å². The van der Waals surface area contributed by atoms with E-state index in [9.17, 15) is 28.5 Å². The van der Waals surface area contributed by atoms with Crippen LogP contribution in [0.25, 0.3) is 0 Å². The molecule has 0 aliphatic rings. The second kappa shape index (κ2) is 9.49. The summed E-state index contributed by atoms with van der Waals surface area (Å²) >= 11 is 0. The van der Waals surface area contributed by atoms with E-state index < -0.39 is 46.3 Å². The Bertz CT molecular complexity index is 682. The molecule has 0 bridgehead atoms. The second-order valence-corrected chi connectivity index (χ2v) is 5.19. The maximum Gasteiger partial charge on any atom is 0.387 e. The minimum absolute atomic E-state index is 0.239. The van der Waals surface area contributed by atoms with Crippen molar-refractivity contribution in [3.63, 3.8) is 0 Å². The van der Waals surface area contributed by atoms with Crippen LogP contribution >= 0.6 is 0 Å². The van der Waals surface area contributed by atoms with Crippen molar-refractivity contribution in [2.24, 2.45) is 5.92 Å². The lowest BCUT2D eigenvalue weighted by Gasteiger charge is -2.14. The van der Waals surface area contributed by atoms with Gasteiger partial charge in [0.25, 0.3) is 11.6 Å². The van der Waals surface area contributed by atoms with Gasteiger partial charge in [0.2, 0.25) is 0 Å². The molecule has 0 aromatic heterocycles. The number of methoxy groups -OCH3 is 1. The highest BCUT2D eigenvalue weighted by atomic mass is 19.3. The number of hydrogen-bond donors (Lipinski definition) is 2. The third-order valence-electron chi connectivity index (χ3n) is 3.43. The number of ether oxygens (including phenoxy) is 2. The van der Waals surface area contributed by atoms with Gasteiger partial charge in [-0.3, -0.25) is 19.7 Å². The number of alkyl halides is 2. The topological polar surface area (TPSA) is 128 Å². The average Bonchev–Trinajstić information content (AvgIpc) is 2.56. The number of carboxylic acids is 1. The third kappa shape index (κ3) is 5.53. The van der Waals surface area contributed by atoms with E-state index in [1.54, 1.807) is 6.92 Å². The molecule has 0 saturated carbocycles. The Morgan fingerprint density at radius 3 is 2.46 bits per heavy atom. The Morgan fingerprint density at radius 2 is 2.00 bits per heavy atom. The van der Waals surface area contributed by atoms with Crippen molar-refractivity contribution in [1.29, 1.82) is 0 Å². The van der Waals surface area contributed by atoms with Crippen molar-refractivity contribution >= 4 is 17.6 Å². The van der Waals surface area contributed by atoms with E-state index in [1.807, 2.05) is 0 Å². The molecule has 0 aliphatic carbocycles. The van der Waals surface area contributed by atoms with E-state index in [4.69, 9.17) is 9.84 Å². The Morgan fingerprint density at radius 1 is 1.35 bits per heavy atom. The average molecular weight is 376 g/mol. The number of halogens is 2. The molecule has 1 amide bonds. The van der Waals surface area contributed by atoms with Crippen molar-refractivity contribution in [2.45, 2.75) is 26.4 Å². The van der Waals surface area contributed by atoms with Crippen molar-refractivity contribution in [1.82, 2.24) is 5.32 Å². The number of nitro groups is 1. The predicted molar refractivity (Wildman–Crippen MR) is 84.6 cm³/mol. The largest absolute Gasteiger partial charge is 0.493 e. The monoisotopic (exact) mass is 376 g/mol. The molecule has 144 valence electrons. The lowest BCUT2D eigenvalue weighted by atomic mass is 10.0. The van der Waals surface area contributed by atoms with Crippen molar-refractivity contribution in [2.75, 3.05) is 13.7 Å². The van der Waals surface area contributed by atoms with Crippen molar-refractivity contribution < 1.29 is 37.9 Å². The number of carboxylic acid groups (broad SMARTS) is 1. The number of amides is 1. The summed E-state index contributed by atoms with van der Waals surface area (Å²) in [5.74, 6) is -3.79. The van der Waals surface area contributed by atoms with Crippen LogP contribution in [-0.4, -0.2) is 42.2 Å². The Labute approximate surface area is 147 Å². The van der Waals surface area contributed by atoms with Crippen molar-refractivity contribution in [3.8, 4) is 11.5 Å². The first-order valence-electron chi connectivity index (χ1n) is 7.53. The van der Waals surface area contributed by atoms with Gasteiger partial charge in [-0.05, 0) is 6.42 Å². The maximum absolute atomic E-state index is 12.4. The van der Waals surface area contributed by atoms with Gasteiger partial charge < -0.3 is 19.9 Å². The molecule has 2 N–H and O–H groups in total. The van der Waals surface area contributed by atoms with Crippen LogP contribution in [0.1, 0.15) is 30.1 Å². The molecular weight excluding hydrogens is 358 g/mol. The van der Waals surface area contributed by atoms with Gasteiger partial charge >= 0.3 is 12.6 Å². The van der Waals surface area contributed by atoms with Crippen LogP contribution in [0.4, 0.5) is 14.5 Å². The number of benzene rings is 1. The summed E-state index contributed by atoms with van der Waals surface area (Å²) in [5, 5.41) is 22.5. The van der Waals surface area contributed by atoms with Crippen LogP contribution in [0.3, 0.4) is 0 Å². The standard InChI is InChI=1S/C15H18F2N2O7/c1-3-4-8(14(21)22)7-18-13(20)9-5-11(25-2)12(26-15(16)17)6-10(9)19(23)24/h5-6,8,15H,3-4,7H2,1-2H3,(H,18,20)(H,21,22). The number of nitrogens with zero attached hydrogens (tertiary/aromatic N) is 1. The summed E-state index contributed by atoms with van der Waals surface area (Å²) in [6, 6.07) is 1.54. The smallest absolute Gasteiger partial charge is 0.387 e. The molecule has 9 nitrogen and oxygen atoms in total. The van der Waals surface area contributed by atoms with E-state index in [2.05, 4.69) is 10.1 Å². The molecular formula is C15H18F2N2O7. The highest BCUT2D eigenvalue weighted by Crippen LogP contribution is 2.35. The minimum atomic E-state index is -3.24. The Hall–Kier alpha value is -2.98. The van der Waals surface area contributed by atoms with E-state index in [1.165, 1.54) is 0 Å². The van der Waals surface area contributed by atoms with Gasteiger partial charge in [0.15, 0.2) is 11.5 Å². The second-order valence-electron chi connectivity index (χ2n) is 5.19. The van der Waals surface area contributed by atoms with Gasteiger partial charge in [0, 0.05) is 12.6 Å². The number of hydrogen-bond acceptors (Lipinski definition) is 6. The lowest BCUT2D eigenvalue weighted by Crippen LogP contribution is -2.33. The highest BCUT2D eigenvalue weighted by molar-refractivity contribution is 5.99. The number of carbonyl (C=O) groups is 2. The summed E-state index contributed by atoms with van der Waals surface area (Å²) < 4.78 is 33.8. The molecule has 0 spiro atoms. The van der Waals surface area contributed by atoms with E-state index in [0.29, 0.717) is 18.9 Å². The van der Waals surface area contributed by atoms with Crippen LogP contribution < -0.4 is 14.8 Å². The molecule has 1 aromatic rings. The van der Waals surface area contributed by atoms with Gasteiger partial charge in [0.1, 0.15) is 5.56 Å². The van der Waals surface area contributed by atoms with E-state index in [-0.39, 0.29) is 12.3 Å². The molecule has 26 heavy (non-hydrogen) atoms. The number of carbonyl (C=O) groups excluding carboxylic acids is 1. The fourth-order valence-electron chi connectivity index (χ4n) is 2.20. The molecule has 0 saturated heterocycles. The normalized spacial score (nSPS) is 11.7. The quantitative estimate of drug-likeness (QED) is 0.474. The third-order valence-corrected chi connectivity index (χ3v) is 3.43. The highest BCUT2D eigenvalue weighted by Gasteiger charge is 2.27. The molecule has 1 aromatic carbocycles. The molecule has 1 atom stereocenters. The lowest BCUT2D eigenvalue weighted by molar-refractivity contribution is -0.385. The number of nitrogens with one attached hydrogen (secondary N) is 1. The fraction of sp³-hybridized carbons (Fsp3) is 0.467. The van der Waals surface area contributed by atoms with Crippen molar-refractivity contribution in [3.05, 3.63) is 27.8 Å². The Kier molecular flexibility index (Phi) is 7.69. The zero-order valence-corrected chi connectivity index (χ0v) is 14.0. The summed E-state index contributed by atoms with van der Waals surface area (Å²) in [6.45, 7) is -1.71. The number of rotatable bonds is 10. The summed E-state index contributed by atoms with van der Waals surface area (Å²) in [5.41, 5.74) is -1.24. The predicted octanol–water partition coefficient (Wildman–Crippen LogP) is 2.44. The Balaban J connectivity index is 3.14. The zero-order chi connectivity index (χ0) is 19.9. The van der Waals surface area contributed by atoms with E-state index in [0.717, 1.165) is 13.2 Å². The molecule has 1 rings (SSSR count). The van der Waals surface area contributed by atoms with Gasteiger partial charge in [-0.15, -0.1) is 0 Å². The first-order chi connectivity index (χ1) is 12.2. The van der Waals surface area contributed by atoms with Gasteiger partial charge in [-0.2, -0.15) is 8.78 Å². The van der Waals surface area contributed by atoms with Crippen LogP contribution in [0, 0.1) is 16.0 Å². The SMILES string of the molecule is CCCC(CNC(=O)c1cc(OC)c(OC(F)F)cc1[N+](=O)[O-])C(=O)O. The molecule has 0 fully saturated rings. The van der Waals surface area contributed by atoms with Gasteiger partial charge in [-0.1, -0.05) is 13.3 Å². The van der Waals surface area contributed by atoms with Crippen LogP contribution in [-0.2, 0) is 4.79 Å². The summed E-state index contributed by atoms with van der Waals surface area (Å²) in [4.78, 5) is 33.6.